The molecule has 0 amide bonds. The first-order valence-corrected chi connectivity index (χ1v) is 7.08. The minimum Gasteiger partial charge on any atom is -0.397 e. The van der Waals surface area contributed by atoms with E-state index in [2.05, 4.69) is 20.7 Å². The van der Waals surface area contributed by atoms with Crippen molar-refractivity contribution in [2.45, 2.75) is 19.1 Å². The van der Waals surface area contributed by atoms with Gasteiger partial charge in [-0.3, -0.25) is 4.72 Å². The second kappa shape index (κ2) is 4.94. The smallest absolute Gasteiger partial charge is 0.248 e. The Morgan fingerprint density at radius 3 is 2.59 bits per heavy atom. The fraction of sp³-hybridized carbons (Fsp3) is 0.300. The van der Waals surface area contributed by atoms with E-state index in [4.69, 9.17) is 11.0 Å². The molecule has 1 aromatic carbocycles. The molecule has 0 heterocycles. The Balaban J connectivity index is 3.18. The molecule has 0 aromatic heterocycles. The van der Waals surface area contributed by atoms with E-state index >= 15 is 0 Å². The third-order valence-corrected chi connectivity index (χ3v) is 4.31. The van der Waals surface area contributed by atoms with E-state index in [1.165, 1.54) is 6.92 Å². The zero-order chi connectivity index (χ0) is 13.2. The first kappa shape index (κ1) is 13.8. The number of sulfonamides is 1. The van der Waals surface area contributed by atoms with Crippen LogP contribution in [-0.2, 0) is 10.0 Å². The quantitative estimate of drug-likeness (QED) is 0.833. The van der Waals surface area contributed by atoms with E-state index in [1.54, 1.807) is 18.2 Å². The molecule has 1 rings (SSSR count). The van der Waals surface area contributed by atoms with Gasteiger partial charge in [-0.2, -0.15) is 5.26 Å². The molecule has 1 unspecified atom stereocenters. The number of hydrogen-bond acceptors (Lipinski definition) is 4. The Morgan fingerprint density at radius 1 is 1.53 bits per heavy atom. The second-order valence-electron chi connectivity index (χ2n) is 3.63. The standard InChI is InChI=1S/C10H12BrN3O2S/c1-6-3-8(11)10(9(13)4-6)14-17(15,16)7(2)5-12/h3-4,7,14H,13H2,1-2H3. The molecule has 0 fully saturated rings. The van der Waals surface area contributed by atoms with Gasteiger partial charge in [0, 0.05) is 4.47 Å². The summed E-state index contributed by atoms with van der Waals surface area (Å²) in [5.41, 5.74) is 7.21. The summed E-state index contributed by atoms with van der Waals surface area (Å²) < 4.78 is 26.3. The van der Waals surface area contributed by atoms with Gasteiger partial charge in [-0.15, -0.1) is 0 Å². The average molecular weight is 318 g/mol. The summed E-state index contributed by atoms with van der Waals surface area (Å²) >= 11 is 3.23. The van der Waals surface area contributed by atoms with E-state index < -0.39 is 15.3 Å². The normalized spacial score (nSPS) is 12.8. The van der Waals surface area contributed by atoms with Crippen molar-refractivity contribution >= 4 is 37.3 Å². The Bertz CT molecular complexity index is 555. The highest BCUT2D eigenvalue weighted by atomic mass is 79.9. The highest BCUT2D eigenvalue weighted by Gasteiger charge is 2.22. The molecule has 0 aliphatic heterocycles. The number of nitrogens with two attached hydrogens (primary N) is 1. The second-order valence-corrected chi connectivity index (χ2v) is 6.48. The summed E-state index contributed by atoms with van der Waals surface area (Å²) in [5.74, 6) is 0. The topological polar surface area (TPSA) is 96.0 Å². The van der Waals surface area contributed by atoms with Crippen molar-refractivity contribution in [3.8, 4) is 6.07 Å². The lowest BCUT2D eigenvalue weighted by Gasteiger charge is -2.13. The highest BCUT2D eigenvalue weighted by molar-refractivity contribution is 9.10. The molecule has 0 aliphatic rings. The summed E-state index contributed by atoms with van der Waals surface area (Å²) in [7, 11) is -3.74. The van der Waals surface area contributed by atoms with Crippen LogP contribution in [0.15, 0.2) is 16.6 Å². The number of rotatable bonds is 3. The molecule has 0 aliphatic carbocycles. The van der Waals surface area contributed by atoms with E-state index in [-0.39, 0.29) is 5.69 Å². The lowest BCUT2D eigenvalue weighted by molar-refractivity contribution is 0.597. The van der Waals surface area contributed by atoms with Crippen LogP contribution < -0.4 is 10.5 Å². The molecular formula is C10H12BrN3O2S. The molecule has 0 saturated carbocycles. The van der Waals surface area contributed by atoms with Gasteiger partial charge in [0.15, 0.2) is 5.25 Å². The number of nitriles is 1. The zero-order valence-electron chi connectivity index (χ0n) is 9.36. The van der Waals surface area contributed by atoms with Crippen LogP contribution in [0.3, 0.4) is 0 Å². The third-order valence-electron chi connectivity index (χ3n) is 2.16. The van der Waals surface area contributed by atoms with E-state index in [1.807, 2.05) is 6.92 Å². The lowest BCUT2D eigenvalue weighted by atomic mass is 10.2. The monoisotopic (exact) mass is 317 g/mol. The summed E-state index contributed by atoms with van der Waals surface area (Å²) in [6.45, 7) is 3.15. The zero-order valence-corrected chi connectivity index (χ0v) is 11.8. The number of nitrogens with one attached hydrogen (secondary N) is 1. The van der Waals surface area contributed by atoms with Gasteiger partial charge in [0.2, 0.25) is 10.0 Å². The molecule has 7 heteroatoms. The van der Waals surface area contributed by atoms with Crippen LogP contribution in [0.1, 0.15) is 12.5 Å². The number of nitrogens with zero attached hydrogens (tertiary/aromatic N) is 1. The molecule has 0 radical (unpaired) electrons. The molecule has 3 N–H and O–H groups in total. The molecule has 0 spiro atoms. The van der Waals surface area contributed by atoms with Crippen molar-refractivity contribution in [2.75, 3.05) is 10.5 Å². The van der Waals surface area contributed by atoms with Crippen molar-refractivity contribution in [3.63, 3.8) is 0 Å². The minimum atomic E-state index is -3.74. The van der Waals surface area contributed by atoms with Gasteiger partial charge < -0.3 is 5.73 Å². The number of benzene rings is 1. The average Bonchev–Trinajstić information content (AvgIpc) is 2.22. The van der Waals surface area contributed by atoms with Crippen LogP contribution in [0.5, 0.6) is 0 Å². The van der Waals surface area contributed by atoms with Gasteiger partial charge in [-0.1, -0.05) is 0 Å². The van der Waals surface area contributed by atoms with Gasteiger partial charge in [0.25, 0.3) is 0 Å². The van der Waals surface area contributed by atoms with Gasteiger partial charge in [0.05, 0.1) is 17.4 Å². The van der Waals surface area contributed by atoms with E-state index in [0.29, 0.717) is 10.2 Å². The van der Waals surface area contributed by atoms with Crippen molar-refractivity contribution < 1.29 is 8.42 Å². The molecular weight excluding hydrogens is 306 g/mol. The first-order chi connectivity index (χ1) is 7.77. The molecule has 92 valence electrons. The molecule has 17 heavy (non-hydrogen) atoms. The van der Waals surface area contributed by atoms with E-state index in [0.717, 1.165) is 5.56 Å². The Hall–Kier alpha value is -1.26. The number of aryl methyl sites for hydroxylation is 1. The fourth-order valence-corrected chi connectivity index (χ4v) is 2.82. The maximum Gasteiger partial charge on any atom is 0.248 e. The number of halogens is 1. The minimum absolute atomic E-state index is 0.262. The van der Waals surface area contributed by atoms with Crippen LogP contribution in [0, 0.1) is 18.3 Å². The Kier molecular flexibility index (Phi) is 4.01. The maximum absolute atomic E-state index is 11.7. The number of nitrogen functional groups attached to an aromatic ring is 1. The van der Waals surface area contributed by atoms with Crippen LogP contribution in [0.4, 0.5) is 11.4 Å². The summed E-state index contributed by atoms with van der Waals surface area (Å²) in [4.78, 5) is 0. The largest absolute Gasteiger partial charge is 0.397 e. The summed E-state index contributed by atoms with van der Waals surface area (Å²) in [6, 6.07) is 5.06. The maximum atomic E-state index is 11.7. The molecule has 1 aromatic rings. The molecule has 0 bridgehead atoms. The van der Waals surface area contributed by atoms with E-state index in [9.17, 15) is 8.42 Å². The van der Waals surface area contributed by atoms with Crippen molar-refractivity contribution in [2.24, 2.45) is 0 Å². The van der Waals surface area contributed by atoms with Crippen molar-refractivity contribution in [1.29, 1.82) is 5.26 Å². The van der Waals surface area contributed by atoms with Crippen molar-refractivity contribution in [1.82, 2.24) is 0 Å². The van der Waals surface area contributed by atoms with Crippen molar-refractivity contribution in [3.05, 3.63) is 22.2 Å². The number of hydrogen-bond donors (Lipinski definition) is 2. The van der Waals surface area contributed by atoms with Gasteiger partial charge >= 0.3 is 0 Å². The predicted octanol–water partition coefficient (Wildman–Crippen LogP) is 1.99. The SMILES string of the molecule is Cc1cc(N)c(NS(=O)(=O)C(C)C#N)c(Br)c1. The Morgan fingerprint density at radius 2 is 2.12 bits per heavy atom. The summed E-state index contributed by atoms with van der Waals surface area (Å²) in [6.07, 6.45) is 0. The third kappa shape index (κ3) is 3.11. The fourth-order valence-electron chi connectivity index (χ4n) is 1.18. The summed E-state index contributed by atoms with van der Waals surface area (Å²) in [5, 5.41) is 7.48. The predicted molar refractivity (Wildman–Crippen MR) is 70.9 cm³/mol. The van der Waals surface area contributed by atoms with Crippen LogP contribution >= 0.6 is 15.9 Å². The Labute approximate surface area is 109 Å². The molecule has 1 atom stereocenters. The van der Waals surface area contributed by atoms with Crippen LogP contribution in [0.25, 0.3) is 0 Å². The highest BCUT2D eigenvalue weighted by Crippen LogP contribution is 2.31. The van der Waals surface area contributed by atoms with Gasteiger partial charge in [-0.05, 0) is 47.5 Å². The molecule has 5 nitrogen and oxygen atoms in total. The lowest BCUT2D eigenvalue weighted by Crippen LogP contribution is -2.24. The molecule has 0 saturated heterocycles. The van der Waals surface area contributed by atoms with Gasteiger partial charge in [0.1, 0.15) is 0 Å². The number of anilines is 2. The van der Waals surface area contributed by atoms with Gasteiger partial charge in [-0.25, -0.2) is 8.42 Å². The van der Waals surface area contributed by atoms with Crippen LogP contribution in [0.2, 0.25) is 0 Å². The first-order valence-electron chi connectivity index (χ1n) is 4.75. The van der Waals surface area contributed by atoms with Crippen LogP contribution in [-0.4, -0.2) is 13.7 Å².